The van der Waals surface area contributed by atoms with E-state index in [1.54, 1.807) is 39.0 Å². The predicted molar refractivity (Wildman–Crippen MR) is 81.4 cm³/mol. The third-order valence-corrected chi connectivity index (χ3v) is 4.44. The van der Waals surface area contributed by atoms with Gasteiger partial charge in [0.2, 0.25) is 0 Å². The number of nitrogens with zero attached hydrogens (tertiary/aromatic N) is 1. The number of carbonyl (C=O) groups is 1. The van der Waals surface area contributed by atoms with Gasteiger partial charge in [-0.05, 0) is 26.0 Å². The first-order chi connectivity index (χ1) is 10.3. The Morgan fingerprint density at radius 2 is 1.91 bits per heavy atom. The van der Waals surface area contributed by atoms with Crippen LogP contribution >= 0.6 is 0 Å². The highest BCUT2D eigenvalue weighted by Crippen LogP contribution is 2.20. The van der Waals surface area contributed by atoms with Crippen molar-refractivity contribution in [3.8, 4) is 11.3 Å². The highest BCUT2D eigenvalue weighted by Gasteiger charge is 2.18. The van der Waals surface area contributed by atoms with E-state index in [0.717, 1.165) is 5.56 Å². The van der Waals surface area contributed by atoms with E-state index in [4.69, 9.17) is 4.42 Å². The Bertz CT molecular complexity index is 817. The number of hydrogen-bond acceptors (Lipinski definition) is 5. The molecule has 0 aliphatic rings. The molecular weight excluding hydrogens is 304 g/mol. The summed E-state index contributed by atoms with van der Waals surface area (Å²) in [7, 11) is -3.89. The van der Waals surface area contributed by atoms with Gasteiger partial charge in [-0.15, -0.1) is 0 Å². The number of benzene rings is 1. The molecule has 0 saturated heterocycles. The van der Waals surface area contributed by atoms with Crippen LogP contribution in [0.4, 0.5) is 0 Å². The maximum Gasteiger partial charge on any atom is 0.264 e. The first kappa shape index (κ1) is 16.0. The second kappa shape index (κ2) is 6.15. The van der Waals surface area contributed by atoms with Gasteiger partial charge in [0.15, 0.2) is 5.89 Å². The van der Waals surface area contributed by atoms with Crippen LogP contribution in [0, 0.1) is 6.92 Å². The fourth-order valence-electron chi connectivity index (χ4n) is 1.69. The number of allylic oxidation sites excluding steroid dienone is 1. The number of aromatic nitrogens is 1. The summed E-state index contributed by atoms with van der Waals surface area (Å²) in [6, 6.07) is 6.05. The zero-order valence-electron chi connectivity index (χ0n) is 12.5. The molecule has 116 valence electrons. The number of rotatable bonds is 4. The van der Waals surface area contributed by atoms with Crippen LogP contribution in [0.3, 0.4) is 0 Å². The van der Waals surface area contributed by atoms with Gasteiger partial charge in [0.05, 0.1) is 4.90 Å². The van der Waals surface area contributed by atoms with E-state index in [0.29, 0.717) is 17.2 Å². The average Bonchev–Trinajstić information content (AvgIpc) is 2.92. The van der Waals surface area contributed by atoms with E-state index in [2.05, 4.69) is 4.98 Å². The lowest BCUT2D eigenvalue weighted by Crippen LogP contribution is -2.31. The van der Waals surface area contributed by atoms with E-state index in [1.807, 2.05) is 4.72 Å². The molecule has 2 aromatic rings. The lowest BCUT2D eigenvalue weighted by atomic mass is 10.2. The Balaban J connectivity index is 2.24. The van der Waals surface area contributed by atoms with Crippen molar-refractivity contribution in [2.24, 2.45) is 0 Å². The molecule has 0 aliphatic heterocycles. The van der Waals surface area contributed by atoms with E-state index in [-0.39, 0.29) is 4.90 Å². The molecule has 1 amide bonds. The summed E-state index contributed by atoms with van der Waals surface area (Å²) in [6.45, 7) is 4.93. The van der Waals surface area contributed by atoms with Crippen molar-refractivity contribution >= 4 is 15.9 Å². The van der Waals surface area contributed by atoms with Crippen molar-refractivity contribution in [2.75, 3.05) is 0 Å². The number of amides is 1. The second-order valence-electron chi connectivity index (χ2n) is 4.68. The van der Waals surface area contributed by atoms with Crippen LogP contribution in [-0.4, -0.2) is 19.3 Å². The zero-order chi connectivity index (χ0) is 16.3. The number of sulfonamides is 1. The second-order valence-corrected chi connectivity index (χ2v) is 6.36. The maximum absolute atomic E-state index is 12.1. The fraction of sp³-hybridized carbons (Fsp3) is 0.200. The number of carbonyl (C=O) groups excluding carboxylic acids is 1. The minimum absolute atomic E-state index is 0.00807. The van der Waals surface area contributed by atoms with Gasteiger partial charge in [0, 0.05) is 18.1 Å². The number of aryl methyl sites for hydroxylation is 1. The lowest BCUT2D eigenvalue weighted by Gasteiger charge is -2.07. The molecule has 1 aromatic carbocycles. The van der Waals surface area contributed by atoms with Crippen LogP contribution in [0.2, 0.25) is 0 Å². The maximum atomic E-state index is 12.1. The summed E-state index contributed by atoms with van der Waals surface area (Å²) in [6.07, 6.45) is 3.04. The molecule has 0 radical (unpaired) electrons. The van der Waals surface area contributed by atoms with Gasteiger partial charge in [-0.2, -0.15) is 0 Å². The normalized spacial score (nSPS) is 12.2. The smallest absolute Gasteiger partial charge is 0.264 e. The van der Waals surface area contributed by atoms with Gasteiger partial charge in [-0.3, -0.25) is 4.79 Å². The van der Waals surface area contributed by atoms with Crippen molar-refractivity contribution in [1.29, 1.82) is 0 Å². The van der Waals surface area contributed by atoms with Gasteiger partial charge in [-0.25, -0.2) is 18.1 Å². The minimum Gasteiger partial charge on any atom is -0.449 e. The average molecular weight is 320 g/mol. The first-order valence-electron chi connectivity index (χ1n) is 6.56. The first-order valence-corrected chi connectivity index (χ1v) is 8.04. The largest absolute Gasteiger partial charge is 0.449 e. The lowest BCUT2D eigenvalue weighted by molar-refractivity contribution is -0.115. The molecule has 0 unspecified atom stereocenters. The standard InChI is InChI=1S/C15H16N2O4S/c1-4-10(2)15(18)17-22(19,20)13-7-5-12(6-8-13)14-9-21-11(3)16-14/h4-9H,1-3H3,(H,17,18)/b10-4+. The van der Waals surface area contributed by atoms with Crippen LogP contribution in [-0.2, 0) is 14.8 Å². The highest BCUT2D eigenvalue weighted by atomic mass is 32.2. The zero-order valence-corrected chi connectivity index (χ0v) is 13.3. The van der Waals surface area contributed by atoms with E-state index in [9.17, 15) is 13.2 Å². The van der Waals surface area contributed by atoms with Crippen molar-refractivity contribution in [2.45, 2.75) is 25.7 Å². The van der Waals surface area contributed by atoms with Crippen LogP contribution in [0.5, 0.6) is 0 Å². The summed E-state index contributed by atoms with van der Waals surface area (Å²) in [4.78, 5) is 15.8. The number of hydrogen-bond donors (Lipinski definition) is 1. The Morgan fingerprint density at radius 3 is 2.41 bits per heavy atom. The summed E-state index contributed by atoms with van der Waals surface area (Å²) < 4.78 is 31.4. The number of oxazole rings is 1. The van der Waals surface area contributed by atoms with Crippen molar-refractivity contribution < 1.29 is 17.6 Å². The minimum atomic E-state index is -3.89. The molecule has 2 rings (SSSR count). The van der Waals surface area contributed by atoms with Crippen molar-refractivity contribution in [3.05, 3.63) is 48.1 Å². The molecule has 0 spiro atoms. The summed E-state index contributed by atoms with van der Waals surface area (Å²) in [5.74, 6) is -0.112. The molecule has 1 aromatic heterocycles. The molecule has 0 aliphatic carbocycles. The molecule has 1 heterocycles. The van der Waals surface area contributed by atoms with Crippen LogP contribution in [0.25, 0.3) is 11.3 Å². The van der Waals surface area contributed by atoms with Crippen LogP contribution < -0.4 is 4.72 Å². The van der Waals surface area contributed by atoms with Crippen LogP contribution in [0.15, 0.2) is 51.5 Å². The van der Waals surface area contributed by atoms with Crippen molar-refractivity contribution in [3.63, 3.8) is 0 Å². The predicted octanol–water partition coefficient (Wildman–Crippen LogP) is 2.42. The topological polar surface area (TPSA) is 89.3 Å². The molecule has 0 bridgehead atoms. The van der Waals surface area contributed by atoms with Crippen LogP contribution in [0.1, 0.15) is 19.7 Å². The van der Waals surface area contributed by atoms with E-state index < -0.39 is 15.9 Å². The molecular formula is C15H16N2O4S. The monoisotopic (exact) mass is 320 g/mol. The SMILES string of the molecule is C/C=C(\C)C(=O)NS(=O)(=O)c1ccc(-c2coc(C)n2)cc1. The van der Waals surface area contributed by atoms with Gasteiger partial charge < -0.3 is 4.42 Å². The van der Waals surface area contributed by atoms with Crippen molar-refractivity contribution in [1.82, 2.24) is 9.71 Å². The molecule has 7 heteroatoms. The molecule has 0 fully saturated rings. The van der Waals surface area contributed by atoms with E-state index >= 15 is 0 Å². The summed E-state index contributed by atoms with van der Waals surface area (Å²) >= 11 is 0. The van der Waals surface area contributed by atoms with Gasteiger partial charge in [0.1, 0.15) is 12.0 Å². The Kier molecular flexibility index (Phi) is 4.46. The van der Waals surface area contributed by atoms with Gasteiger partial charge in [-0.1, -0.05) is 18.2 Å². The molecule has 22 heavy (non-hydrogen) atoms. The molecule has 6 nitrogen and oxygen atoms in total. The van der Waals surface area contributed by atoms with Gasteiger partial charge >= 0.3 is 0 Å². The quantitative estimate of drug-likeness (QED) is 0.874. The Labute approximate surface area is 128 Å². The summed E-state index contributed by atoms with van der Waals surface area (Å²) in [5, 5.41) is 0. The van der Waals surface area contributed by atoms with Gasteiger partial charge in [0.25, 0.3) is 15.9 Å². The Morgan fingerprint density at radius 1 is 1.27 bits per heavy atom. The molecule has 0 saturated carbocycles. The summed E-state index contributed by atoms with van der Waals surface area (Å²) in [5.41, 5.74) is 1.68. The van der Waals surface area contributed by atoms with E-state index in [1.165, 1.54) is 18.4 Å². The Hall–Kier alpha value is -2.41. The third-order valence-electron chi connectivity index (χ3n) is 3.10. The molecule has 0 atom stereocenters. The molecule has 1 N–H and O–H groups in total. The number of nitrogens with one attached hydrogen (secondary N) is 1. The third kappa shape index (κ3) is 3.43. The highest BCUT2D eigenvalue weighted by molar-refractivity contribution is 7.90. The fourth-order valence-corrected chi connectivity index (χ4v) is 2.71.